The van der Waals surface area contributed by atoms with Gasteiger partial charge in [-0.05, 0) is 43.4 Å². The summed E-state index contributed by atoms with van der Waals surface area (Å²) in [5, 5.41) is 3.46. The Hall–Kier alpha value is -1.09. The van der Waals surface area contributed by atoms with Gasteiger partial charge in [0.1, 0.15) is 6.10 Å². The second-order valence-corrected chi connectivity index (χ2v) is 6.16. The van der Waals surface area contributed by atoms with Gasteiger partial charge in [0.15, 0.2) is 11.6 Å². The lowest BCUT2D eigenvalue weighted by molar-refractivity contribution is 0.0509. The molecule has 0 bridgehead atoms. The molecule has 19 heavy (non-hydrogen) atoms. The standard InChI is InChI=1S/C16H24FNO/c1-4-18-13-9-10-16(2,3)11-15(13)19-14-8-6-5-7-12(14)17/h5-8,13,15,18H,4,9-11H2,1-3H3. The number of para-hydroxylation sites is 1. The van der Waals surface area contributed by atoms with E-state index in [-0.39, 0.29) is 17.3 Å². The third-order valence-corrected chi connectivity index (χ3v) is 3.92. The third kappa shape index (κ3) is 3.69. The lowest BCUT2D eigenvalue weighted by Gasteiger charge is -2.41. The van der Waals surface area contributed by atoms with E-state index >= 15 is 0 Å². The monoisotopic (exact) mass is 265 g/mol. The van der Waals surface area contributed by atoms with E-state index in [1.165, 1.54) is 12.5 Å². The zero-order valence-corrected chi connectivity index (χ0v) is 12.1. The van der Waals surface area contributed by atoms with E-state index < -0.39 is 0 Å². The van der Waals surface area contributed by atoms with Crippen LogP contribution in [0.2, 0.25) is 0 Å². The predicted molar refractivity (Wildman–Crippen MR) is 75.9 cm³/mol. The van der Waals surface area contributed by atoms with Crippen LogP contribution in [0.3, 0.4) is 0 Å². The SMILES string of the molecule is CCNC1CCC(C)(C)CC1Oc1ccccc1F. The van der Waals surface area contributed by atoms with Crippen molar-refractivity contribution in [3.8, 4) is 5.75 Å². The molecular weight excluding hydrogens is 241 g/mol. The van der Waals surface area contributed by atoms with Crippen molar-refractivity contribution in [2.24, 2.45) is 5.41 Å². The van der Waals surface area contributed by atoms with Gasteiger partial charge in [-0.3, -0.25) is 0 Å². The summed E-state index contributed by atoms with van der Waals surface area (Å²) in [7, 11) is 0. The molecule has 106 valence electrons. The number of ether oxygens (including phenoxy) is 1. The minimum Gasteiger partial charge on any atom is -0.486 e. The molecule has 0 amide bonds. The van der Waals surface area contributed by atoms with E-state index in [2.05, 4.69) is 26.1 Å². The summed E-state index contributed by atoms with van der Waals surface area (Å²) in [4.78, 5) is 0. The maximum atomic E-state index is 13.7. The Morgan fingerprint density at radius 1 is 1.37 bits per heavy atom. The summed E-state index contributed by atoms with van der Waals surface area (Å²) in [5.41, 5.74) is 0.266. The highest BCUT2D eigenvalue weighted by atomic mass is 19.1. The van der Waals surface area contributed by atoms with Crippen LogP contribution in [-0.2, 0) is 0 Å². The van der Waals surface area contributed by atoms with Crippen LogP contribution in [0.25, 0.3) is 0 Å². The van der Waals surface area contributed by atoms with Crippen molar-refractivity contribution >= 4 is 0 Å². The molecule has 0 aliphatic heterocycles. The van der Waals surface area contributed by atoms with Crippen LogP contribution in [0.5, 0.6) is 5.75 Å². The van der Waals surface area contributed by atoms with Crippen molar-refractivity contribution in [1.29, 1.82) is 0 Å². The van der Waals surface area contributed by atoms with Crippen LogP contribution < -0.4 is 10.1 Å². The van der Waals surface area contributed by atoms with Crippen LogP contribution in [0.1, 0.15) is 40.0 Å². The van der Waals surface area contributed by atoms with E-state index in [1.54, 1.807) is 12.1 Å². The number of hydrogen-bond acceptors (Lipinski definition) is 2. The first-order valence-electron chi connectivity index (χ1n) is 7.16. The minimum absolute atomic E-state index is 0.0422. The van der Waals surface area contributed by atoms with E-state index in [4.69, 9.17) is 4.74 Å². The van der Waals surface area contributed by atoms with Crippen molar-refractivity contribution in [3.05, 3.63) is 30.1 Å². The van der Waals surface area contributed by atoms with Crippen LogP contribution >= 0.6 is 0 Å². The third-order valence-electron chi connectivity index (χ3n) is 3.92. The summed E-state index contributed by atoms with van der Waals surface area (Å²) >= 11 is 0. The first kappa shape index (κ1) is 14.3. The fourth-order valence-electron chi connectivity index (χ4n) is 2.84. The molecule has 2 rings (SSSR count). The van der Waals surface area contributed by atoms with Crippen LogP contribution in [0, 0.1) is 11.2 Å². The van der Waals surface area contributed by atoms with Gasteiger partial charge in [0.25, 0.3) is 0 Å². The number of hydrogen-bond donors (Lipinski definition) is 1. The molecule has 1 saturated carbocycles. The zero-order valence-electron chi connectivity index (χ0n) is 12.1. The summed E-state index contributed by atoms with van der Waals surface area (Å²) in [6, 6.07) is 6.98. The second kappa shape index (κ2) is 5.91. The molecule has 0 spiro atoms. The highest BCUT2D eigenvalue weighted by Gasteiger charge is 2.36. The molecule has 3 heteroatoms. The smallest absolute Gasteiger partial charge is 0.165 e. The van der Waals surface area contributed by atoms with Gasteiger partial charge in [0.05, 0.1) is 0 Å². The molecule has 0 heterocycles. The van der Waals surface area contributed by atoms with Crippen LogP contribution in [-0.4, -0.2) is 18.7 Å². The number of rotatable bonds is 4. The average Bonchev–Trinajstić information content (AvgIpc) is 2.35. The molecular formula is C16H24FNO. The summed E-state index contributed by atoms with van der Waals surface area (Å²) in [6.07, 6.45) is 3.27. The van der Waals surface area contributed by atoms with E-state index in [0.717, 1.165) is 19.4 Å². The molecule has 2 unspecified atom stereocenters. The van der Waals surface area contributed by atoms with Crippen molar-refractivity contribution < 1.29 is 9.13 Å². The lowest BCUT2D eigenvalue weighted by Crippen LogP contribution is -2.49. The molecule has 0 saturated heterocycles. The normalized spacial score (nSPS) is 26.1. The van der Waals surface area contributed by atoms with Crippen molar-refractivity contribution in [2.75, 3.05) is 6.54 Å². The maximum absolute atomic E-state index is 13.7. The number of halogens is 1. The summed E-state index contributed by atoms with van der Waals surface area (Å²) in [6.45, 7) is 7.53. The Morgan fingerprint density at radius 2 is 2.11 bits per heavy atom. The fraction of sp³-hybridized carbons (Fsp3) is 0.625. The number of nitrogens with one attached hydrogen (secondary N) is 1. The number of likely N-dealkylation sites (N-methyl/N-ethyl adjacent to an activating group) is 1. The fourth-order valence-corrected chi connectivity index (χ4v) is 2.84. The summed E-state index contributed by atoms with van der Waals surface area (Å²) in [5.74, 6) is 0.0919. The van der Waals surface area contributed by atoms with Crippen molar-refractivity contribution in [1.82, 2.24) is 5.32 Å². The molecule has 0 aromatic heterocycles. The largest absolute Gasteiger partial charge is 0.486 e. The first-order valence-corrected chi connectivity index (χ1v) is 7.16. The molecule has 1 aliphatic rings. The number of benzene rings is 1. The van der Waals surface area contributed by atoms with Crippen LogP contribution in [0.15, 0.2) is 24.3 Å². The molecule has 0 radical (unpaired) electrons. The Kier molecular flexibility index (Phi) is 4.46. The Bertz CT molecular complexity index is 419. The molecule has 2 nitrogen and oxygen atoms in total. The van der Waals surface area contributed by atoms with Gasteiger partial charge in [0, 0.05) is 6.04 Å². The van der Waals surface area contributed by atoms with Gasteiger partial charge in [-0.15, -0.1) is 0 Å². The van der Waals surface area contributed by atoms with Gasteiger partial charge in [-0.1, -0.05) is 32.9 Å². The van der Waals surface area contributed by atoms with Gasteiger partial charge in [-0.2, -0.15) is 0 Å². The van der Waals surface area contributed by atoms with Gasteiger partial charge >= 0.3 is 0 Å². The molecule has 1 aromatic rings. The second-order valence-electron chi connectivity index (χ2n) is 6.16. The van der Waals surface area contributed by atoms with E-state index in [0.29, 0.717) is 11.8 Å². The van der Waals surface area contributed by atoms with Crippen molar-refractivity contribution in [2.45, 2.75) is 52.2 Å². The molecule has 2 atom stereocenters. The maximum Gasteiger partial charge on any atom is 0.165 e. The Balaban J connectivity index is 2.11. The van der Waals surface area contributed by atoms with Gasteiger partial charge < -0.3 is 10.1 Å². The van der Waals surface area contributed by atoms with Crippen LogP contribution in [0.4, 0.5) is 4.39 Å². The van der Waals surface area contributed by atoms with E-state index in [1.807, 2.05) is 6.07 Å². The molecule has 1 aromatic carbocycles. The predicted octanol–water partition coefficient (Wildman–Crippen LogP) is 3.76. The highest BCUT2D eigenvalue weighted by Crippen LogP contribution is 2.37. The lowest BCUT2D eigenvalue weighted by atomic mass is 9.74. The topological polar surface area (TPSA) is 21.3 Å². The van der Waals surface area contributed by atoms with Gasteiger partial charge in [-0.25, -0.2) is 4.39 Å². The highest BCUT2D eigenvalue weighted by molar-refractivity contribution is 5.24. The molecule has 1 fully saturated rings. The Labute approximate surface area is 115 Å². The van der Waals surface area contributed by atoms with E-state index in [9.17, 15) is 4.39 Å². The summed E-state index contributed by atoms with van der Waals surface area (Å²) < 4.78 is 19.7. The van der Waals surface area contributed by atoms with Gasteiger partial charge in [0.2, 0.25) is 0 Å². The first-order chi connectivity index (χ1) is 9.02. The zero-order chi connectivity index (χ0) is 13.9. The molecule has 1 aliphatic carbocycles. The average molecular weight is 265 g/mol. The van der Waals surface area contributed by atoms with Crippen molar-refractivity contribution in [3.63, 3.8) is 0 Å². The quantitative estimate of drug-likeness (QED) is 0.895. The minimum atomic E-state index is -0.277. The Morgan fingerprint density at radius 3 is 2.79 bits per heavy atom. The molecule has 1 N–H and O–H groups in total.